The van der Waals surface area contributed by atoms with Crippen LogP contribution in [0.1, 0.15) is 0 Å². The first-order valence-electron chi connectivity index (χ1n) is 1.12. The molecule has 0 aliphatic heterocycles. The smallest absolute Gasteiger partial charge is 0.0344 e. The summed E-state index contributed by atoms with van der Waals surface area (Å²) in [6.45, 7) is 0. The molecule has 0 aromatic heterocycles. The maximum absolute atomic E-state index is 7.73. The highest BCUT2D eigenvalue weighted by Crippen LogP contribution is 2.11. The third-order valence-corrected chi connectivity index (χ3v) is 0.565. The largest absolute Gasteiger partial charge is 0.371 e. The first-order chi connectivity index (χ1) is 2.77. The lowest BCUT2D eigenvalue weighted by Crippen LogP contribution is -1.36. The molecule has 4 heteroatoms. The van der Waals surface area contributed by atoms with Crippen molar-refractivity contribution < 1.29 is 0 Å². The summed E-state index contributed by atoms with van der Waals surface area (Å²) in [5.74, 6) is 0. The molecule has 0 aromatic carbocycles. The summed E-state index contributed by atoms with van der Waals surface area (Å²) in [5.41, 5.74) is 0. The molecule has 0 bridgehead atoms. The summed E-state index contributed by atoms with van der Waals surface area (Å²) in [7, 11) is 0. The van der Waals surface area contributed by atoms with Crippen molar-refractivity contribution in [3.8, 4) is 0 Å². The number of diazo groups is 1. The van der Waals surface area contributed by atoms with Gasteiger partial charge in [0, 0.05) is 0 Å². The fourth-order valence-corrected chi connectivity index (χ4v) is 0.227. The zero-order chi connectivity index (χ0) is 4.99. The van der Waals surface area contributed by atoms with Gasteiger partial charge in [-0.15, -0.1) is 0 Å². The van der Waals surface area contributed by atoms with E-state index in [2.05, 4.69) is 36.8 Å². The second-order valence-corrected chi connectivity index (χ2v) is 3.31. The van der Waals surface area contributed by atoms with E-state index in [0.29, 0.717) is 3.39 Å². The standard InChI is InChI=1S/C2HBr2N2/c3-2(4)1-6-5/h1H/q+1. The van der Waals surface area contributed by atoms with E-state index in [-0.39, 0.29) is 0 Å². The molecule has 6 heavy (non-hydrogen) atoms. The lowest BCUT2D eigenvalue weighted by molar-refractivity contribution is 1.47. The maximum Gasteiger partial charge on any atom is 0.371 e. The number of nitrogens with zero attached hydrogens (tertiary/aromatic N) is 2. The lowest BCUT2D eigenvalue weighted by Gasteiger charge is -1.56. The normalized spacial score (nSPS) is 6.17. The van der Waals surface area contributed by atoms with Crippen LogP contribution >= 0.6 is 31.9 Å². The van der Waals surface area contributed by atoms with Gasteiger partial charge in [-0.05, 0) is 31.9 Å². The Balaban J connectivity index is 3.51. The van der Waals surface area contributed by atoms with E-state index in [9.17, 15) is 0 Å². The van der Waals surface area contributed by atoms with Crippen molar-refractivity contribution in [3.05, 3.63) is 14.6 Å². The van der Waals surface area contributed by atoms with Gasteiger partial charge >= 0.3 is 6.20 Å². The van der Waals surface area contributed by atoms with Gasteiger partial charge in [0.1, 0.15) is 3.39 Å². The SMILES string of the molecule is N#[N+]C=C(Br)Br. The highest BCUT2D eigenvalue weighted by molar-refractivity contribution is 9.28. The van der Waals surface area contributed by atoms with Crippen LogP contribution in [0.4, 0.5) is 0 Å². The zero-order valence-corrected chi connectivity index (χ0v) is 5.90. The quantitative estimate of drug-likeness (QED) is 0.567. The van der Waals surface area contributed by atoms with Crippen LogP contribution in [0.25, 0.3) is 4.98 Å². The average Bonchev–Trinajstić information content (AvgIpc) is 1.35. The minimum absolute atomic E-state index is 0.623. The molecule has 0 unspecified atom stereocenters. The molecule has 0 saturated carbocycles. The summed E-state index contributed by atoms with van der Waals surface area (Å²) in [6.07, 6.45) is 1.22. The molecule has 0 N–H and O–H groups in total. The van der Waals surface area contributed by atoms with Gasteiger partial charge in [-0.3, -0.25) is 0 Å². The van der Waals surface area contributed by atoms with E-state index in [1.807, 2.05) is 0 Å². The molecule has 0 aliphatic carbocycles. The second kappa shape index (κ2) is 3.32. The summed E-state index contributed by atoms with van der Waals surface area (Å²) in [4.78, 5) is 2.68. The fourth-order valence-electron chi connectivity index (χ4n) is 0.0436. The molecular formula is C2HBr2N2+. The molecule has 0 amide bonds. The molecule has 0 atom stereocenters. The highest BCUT2D eigenvalue weighted by Gasteiger charge is 1.84. The highest BCUT2D eigenvalue weighted by atomic mass is 79.9. The number of rotatable bonds is 0. The Bertz CT molecular complexity index is 96.6. The fraction of sp³-hybridized carbons (Fsp3) is 0. The van der Waals surface area contributed by atoms with Crippen molar-refractivity contribution >= 4 is 31.9 Å². The molecule has 0 rings (SSSR count). The molecular weight excluding hydrogens is 212 g/mol. The molecule has 0 saturated heterocycles. The van der Waals surface area contributed by atoms with Crippen LogP contribution in [0.2, 0.25) is 0 Å². The number of halogens is 2. The van der Waals surface area contributed by atoms with Gasteiger partial charge in [0.05, 0.1) is 0 Å². The third kappa shape index (κ3) is 4.12. The van der Waals surface area contributed by atoms with E-state index in [0.717, 1.165) is 0 Å². The monoisotopic (exact) mass is 211 g/mol. The molecule has 0 heterocycles. The predicted molar refractivity (Wildman–Crippen MR) is 31.0 cm³/mol. The Morgan fingerprint density at radius 3 is 2.17 bits per heavy atom. The van der Waals surface area contributed by atoms with Crippen LogP contribution in [0.3, 0.4) is 0 Å². The second-order valence-electron chi connectivity index (χ2n) is 0.534. The summed E-state index contributed by atoms with van der Waals surface area (Å²) >= 11 is 5.92. The van der Waals surface area contributed by atoms with Crippen LogP contribution in [0.5, 0.6) is 0 Å². The average molecular weight is 213 g/mol. The van der Waals surface area contributed by atoms with Gasteiger partial charge in [0.25, 0.3) is 0 Å². The topological polar surface area (TPSA) is 28.1 Å². The summed E-state index contributed by atoms with van der Waals surface area (Å²) in [5, 5.41) is 7.73. The predicted octanol–water partition coefficient (Wildman–Crippen LogP) is 2.43. The number of hydrogen-bond acceptors (Lipinski definition) is 1. The Kier molecular flexibility index (Phi) is 3.38. The minimum Gasteiger partial charge on any atom is -0.0344 e. The minimum atomic E-state index is 0.623. The molecule has 0 aliphatic rings. The third-order valence-electron chi connectivity index (χ3n) is 0.155. The van der Waals surface area contributed by atoms with E-state index in [1.54, 1.807) is 0 Å². The van der Waals surface area contributed by atoms with Gasteiger partial charge in [-0.2, -0.15) is 0 Å². The first-order valence-corrected chi connectivity index (χ1v) is 2.71. The van der Waals surface area contributed by atoms with Gasteiger partial charge in [0.15, 0.2) is 4.98 Å². The molecule has 0 spiro atoms. The van der Waals surface area contributed by atoms with E-state index in [1.165, 1.54) is 6.20 Å². The van der Waals surface area contributed by atoms with E-state index >= 15 is 0 Å². The summed E-state index contributed by atoms with van der Waals surface area (Å²) < 4.78 is 0.623. The van der Waals surface area contributed by atoms with Crippen LogP contribution in [-0.2, 0) is 0 Å². The lowest BCUT2D eigenvalue weighted by atomic mass is 11.1. The van der Waals surface area contributed by atoms with Crippen molar-refractivity contribution in [1.82, 2.24) is 0 Å². The zero-order valence-electron chi connectivity index (χ0n) is 2.73. The van der Waals surface area contributed by atoms with Gasteiger partial charge < -0.3 is 0 Å². The Morgan fingerprint density at radius 1 is 1.67 bits per heavy atom. The maximum atomic E-state index is 7.73. The Hall–Kier alpha value is 0.120. The molecule has 2 nitrogen and oxygen atoms in total. The van der Waals surface area contributed by atoms with Crippen LogP contribution < -0.4 is 0 Å². The molecule has 0 radical (unpaired) electrons. The van der Waals surface area contributed by atoms with Gasteiger partial charge in [0.2, 0.25) is 5.39 Å². The summed E-state index contributed by atoms with van der Waals surface area (Å²) in [6, 6.07) is 0. The molecule has 0 aromatic rings. The van der Waals surface area contributed by atoms with Crippen molar-refractivity contribution in [3.63, 3.8) is 0 Å². The Labute approximate surface area is 52.1 Å². The van der Waals surface area contributed by atoms with Crippen molar-refractivity contribution in [1.29, 1.82) is 5.39 Å². The Morgan fingerprint density at radius 2 is 2.17 bits per heavy atom. The van der Waals surface area contributed by atoms with Crippen LogP contribution in [-0.4, -0.2) is 0 Å². The van der Waals surface area contributed by atoms with E-state index in [4.69, 9.17) is 5.39 Å². The van der Waals surface area contributed by atoms with Crippen molar-refractivity contribution in [2.24, 2.45) is 0 Å². The van der Waals surface area contributed by atoms with E-state index < -0.39 is 0 Å². The van der Waals surface area contributed by atoms with Crippen molar-refractivity contribution in [2.45, 2.75) is 0 Å². The van der Waals surface area contributed by atoms with Crippen LogP contribution in [0, 0.1) is 5.39 Å². The van der Waals surface area contributed by atoms with Crippen LogP contribution in [0.15, 0.2) is 9.59 Å². The van der Waals surface area contributed by atoms with Gasteiger partial charge in [-0.1, -0.05) is 0 Å². The first kappa shape index (κ1) is 6.12. The molecule has 0 fully saturated rings. The van der Waals surface area contributed by atoms with Crippen molar-refractivity contribution in [2.75, 3.05) is 0 Å². The number of hydrogen-bond donors (Lipinski definition) is 0. The van der Waals surface area contributed by atoms with Gasteiger partial charge in [-0.25, -0.2) is 0 Å². The molecule has 32 valence electrons.